The highest BCUT2D eigenvalue weighted by Gasteiger charge is 2.18. The highest BCUT2D eigenvalue weighted by Crippen LogP contribution is 2.09. The van der Waals surface area contributed by atoms with E-state index in [-0.39, 0.29) is 10.8 Å². The van der Waals surface area contributed by atoms with Gasteiger partial charge in [0.05, 0.1) is 11.9 Å². The number of sulfone groups is 1. The molecule has 96 valence electrons. The van der Waals surface area contributed by atoms with Gasteiger partial charge in [0.2, 0.25) is 0 Å². The van der Waals surface area contributed by atoms with Gasteiger partial charge in [0, 0.05) is 0 Å². The largest absolute Gasteiger partial charge is 0.350 e. The van der Waals surface area contributed by atoms with E-state index >= 15 is 0 Å². The summed E-state index contributed by atoms with van der Waals surface area (Å²) >= 11 is 0. The Bertz CT molecular complexity index is 481. The third kappa shape index (κ3) is 4.02. The number of urea groups is 1. The summed E-state index contributed by atoms with van der Waals surface area (Å²) in [7, 11) is -3.43. The maximum absolute atomic E-state index is 11.7. The molecule has 9 heteroatoms. The van der Waals surface area contributed by atoms with Crippen LogP contribution in [0.1, 0.15) is 26.2 Å². The zero-order valence-electron chi connectivity index (χ0n) is 9.46. The first-order valence-electron chi connectivity index (χ1n) is 5.17. The zero-order chi connectivity index (χ0) is 12.9. The molecule has 0 atom stereocenters. The average molecular weight is 261 g/mol. The highest BCUT2D eigenvalue weighted by atomic mass is 32.2. The standard InChI is InChI=1S/C8H15N5O3S/c1-2-3-4-5-17(15,16)7-6-13(12-10-7)11-8(9)14/h6H,2-5H2,1H3,(H3,9,11,14). The van der Waals surface area contributed by atoms with Crippen LogP contribution in [0.2, 0.25) is 0 Å². The Balaban J connectivity index is 2.71. The number of nitrogens with two attached hydrogens (primary N) is 1. The van der Waals surface area contributed by atoms with E-state index in [1.807, 2.05) is 6.92 Å². The second kappa shape index (κ2) is 5.62. The molecule has 1 aromatic rings. The monoisotopic (exact) mass is 261 g/mol. The SMILES string of the molecule is CCCCCS(=O)(=O)c1cn(NC(N)=O)nn1. The molecular weight excluding hydrogens is 246 g/mol. The summed E-state index contributed by atoms with van der Waals surface area (Å²) < 4.78 is 23.5. The molecule has 0 aromatic carbocycles. The summed E-state index contributed by atoms with van der Waals surface area (Å²) in [5.41, 5.74) is 6.93. The third-order valence-electron chi connectivity index (χ3n) is 2.03. The smallest absolute Gasteiger partial charge is 0.332 e. The van der Waals surface area contributed by atoms with Gasteiger partial charge in [-0.25, -0.2) is 18.6 Å². The number of rotatable bonds is 6. The van der Waals surface area contributed by atoms with E-state index in [2.05, 4.69) is 15.7 Å². The molecule has 0 fully saturated rings. The molecular formula is C8H15N5O3S. The summed E-state index contributed by atoms with van der Waals surface area (Å²) in [4.78, 5) is 11.4. The number of aromatic nitrogens is 3. The molecule has 0 saturated carbocycles. The van der Waals surface area contributed by atoms with Gasteiger partial charge in [-0.3, -0.25) is 0 Å². The van der Waals surface area contributed by atoms with E-state index in [1.54, 1.807) is 0 Å². The molecule has 0 saturated heterocycles. The fraction of sp³-hybridized carbons (Fsp3) is 0.625. The maximum Gasteiger partial charge on any atom is 0.332 e. The molecule has 3 N–H and O–H groups in total. The minimum Gasteiger partial charge on any atom is -0.350 e. The van der Waals surface area contributed by atoms with Crippen molar-refractivity contribution in [2.45, 2.75) is 31.2 Å². The average Bonchev–Trinajstić information content (AvgIpc) is 2.66. The minimum atomic E-state index is -3.43. The van der Waals surface area contributed by atoms with Crippen molar-refractivity contribution >= 4 is 15.9 Å². The van der Waals surface area contributed by atoms with Gasteiger partial charge in [0.1, 0.15) is 0 Å². The second-order valence-electron chi connectivity index (χ2n) is 3.50. The zero-order valence-corrected chi connectivity index (χ0v) is 10.3. The predicted octanol–water partition coefficient (Wildman–Crippen LogP) is -0.136. The van der Waals surface area contributed by atoms with E-state index in [0.29, 0.717) is 6.42 Å². The highest BCUT2D eigenvalue weighted by molar-refractivity contribution is 7.91. The second-order valence-corrected chi connectivity index (χ2v) is 5.56. The molecule has 0 aliphatic heterocycles. The summed E-state index contributed by atoms with van der Waals surface area (Å²) in [6.45, 7) is 1.99. The third-order valence-corrected chi connectivity index (χ3v) is 3.68. The van der Waals surface area contributed by atoms with Crippen molar-refractivity contribution in [3.8, 4) is 0 Å². The van der Waals surface area contributed by atoms with E-state index in [1.165, 1.54) is 0 Å². The van der Waals surface area contributed by atoms with Crippen molar-refractivity contribution in [3.63, 3.8) is 0 Å². The lowest BCUT2D eigenvalue weighted by molar-refractivity contribution is 0.256. The Morgan fingerprint density at radius 1 is 1.53 bits per heavy atom. The lowest BCUT2D eigenvalue weighted by Crippen LogP contribution is -2.28. The van der Waals surface area contributed by atoms with Crippen LogP contribution in [0.3, 0.4) is 0 Å². The number of hydrogen-bond acceptors (Lipinski definition) is 5. The topological polar surface area (TPSA) is 120 Å². The van der Waals surface area contributed by atoms with Crippen molar-refractivity contribution in [2.75, 3.05) is 11.2 Å². The van der Waals surface area contributed by atoms with Crippen LogP contribution in [0.5, 0.6) is 0 Å². The molecule has 0 bridgehead atoms. The van der Waals surface area contributed by atoms with Crippen molar-refractivity contribution in [1.82, 2.24) is 15.1 Å². The molecule has 0 radical (unpaired) electrons. The Morgan fingerprint density at radius 2 is 2.24 bits per heavy atom. The summed E-state index contributed by atoms with van der Waals surface area (Å²) in [5.74, 6) is 0.0239. The number of unbranched alkanes of at least 4 members (excludes halogenated alkanes) is 2. The van der Waals surface area contributed by atoms with Gasteiger partial charge in [-0.05, 0) is 11.6 Å². The van der Waals surface area contributed by atoms with Crippen LogP contribution in [0.4, 0.5) is 4.79 Å². The lowest BCUT2D eigenvalue weighted by atomic mass is 10.3. The van der Waals surface area contributed by atoms with E-state index < -0.39 is 15.9 Å². The van der Waals surface area contributed by atoms with Crippen LogP contribution in [-0.4, -0.2) is 35.3 Å². The minimum absolute atomic E-state index is 0.0239. The number of nitrogens with zero attached hydrogens (tertiary/aromatic N) is 3. The maximum atomic E-state index is 11.7. The van der Waals surface area contributed by atoms with Gasteiger partial charge >= 0.3 is 6.03 Å². The van der Waals surface area contributed by atoms with Crippen LogP contribution in [0.25, 0.3) is 0 Å². The van der Waals surface area contributed by atoms with Gasteiger partial charge in [-0.2, -0.15) is 4.79 Å². The fourth-order valence-electron chi connectivity index (χ4n) is 1.21. The van der Waals surface area contributed by atoms with E-state index in [0.717, 1.165) is 23.8 Å². The summed E-state index contributed by atoms with van der Waals surface area (Å²) in [5, 5.41) is 6.74. The lowest BCUT2D eigenvalue weighted by Gasteiger charge is -1.99. The molecule has 1 heterocycles. The molecule has 2 amide bonds. The number of nitrogens with one attached hydrogen (secondary N) is 1. The molecule has 17 heavy (non-hydrogen) atoms. The molecule has 1 aromatic heterocycles. The van der Waals surface area contributed by atoms with Gasteiger partial charge in [-0.1, -0.05) is 19.8 Å². The molecule has 0 aliphatic carbocycles. The van der Waals surface area contributed by atoms with Crippen molar-refractivity contribution < 1.29 is 13.2 Å². The first-order valence-corrected chi connectivity index (χ1v) is 6.82. The molecule has 0 unspecified atom stereocenters. The van der Waals surface area contributed by atoms with Gasteiger partial charge in [-0.15, -0.1) is 5.10 Å². The number of amides is 2. The Morgan fingerprint density at radius 3 is 2.82 bits per heavy atom. The summed E-state index contributed by atoms with van der Waals surface area (Å²) in [6.07, 6.45) is 3.47. The molecule has 0 aliphatic rings. The van der Waals surface area contributed by atoms with Crippen LogP contribution in [0, 0.1) is 0 Å². The molecule has 0 spiro atoms. The summed E-state index contributed by atoms with van der Waals surface area (Å²) in [6, 6.07) is -0.843. The number of carbonyl (C=O) groups excluding carboxylic acids is 1. The van der Waals surface area contributed by atoms with Gasteiger partial charge in [0.15, 0.2) is 14.9 Å². The first-order chi connectivity index (χ1) is 7.95. The van der Waals surface area contributed by atoms with Crippen molar-refractivity contribution in [3.05, 3.63) is 6.20 Å². The van der Waals surface area contributed by atoms with Gasteiger partial charge in [0.25, 0.3) is 0 Å². The fourth-order valence-corrected chi connectivity index (χ4v) is 2.42. The van der Waals surface area contributed by atoms with Crippen molar-refractivity contribution in [1.29, 1.82) is 0 Å². The molecule has 1 rings (SSSR count). The normalized spacial score (nSPS) is 11.4. The van der Waals surface area contributed by atoms with Crippen LogP contribution >= 0.6 is 0 Å². The van der Waals surface area contributed by atoms with Crippen LogP contribution in [-0.2, 0) is 9.84 Å². The van der Waals surface area contributed by atoms with Crippen LogP contribution < -0.4 is 11.2 Å². The number of hydrogen-bond donors (Lipinski definition) is 2. The van der Waals surface area contributed by atoms with Crippen molar-refractivity contribution in [2.24, 2.45) is 5.73 Å². The number of carbonyl (C=O) groups is 1. The predicted molar refractivity (Wildman–Crippen MR) is 60.5 cm³/mol. The quantitative estimate of drug-likeness (QED) is 0.691. The number of primary amides is 1. The van der Waals surface area contributed by atoms with Crippen LogP contribution in [0.15, 0.2) is 11.2 Å². The van der Waals surface area contributed by atoms with E-state index in [4.69, 9.17) is 5.73 Å². The van der Waals surface area contributed by atoms with E-state index in [9.17, 15) is 13.2 Å². The Hall–Kier alpha value is -1.64. The molecule has 8 nitrogen and oxygen atoms in total. The Kier molecular flexibility index (Phi) is 4.44. The Labute approximate surface area is 99.1 Å². The first kappa shape index (κ1) is 13.4. The van der Waals surface area contributed by atoms with Gasteiger partial charge < -0.3 is 5.73 Å².